The summed E-state index contributed by atoms with van der Waals surface area (Å²) in [6.07, 6.45) is 0.917. The van der Waals surface area contributed by atoms with E-state index in [4.69, 9.17) is 4.52 Å². The Kier molecular flexibility index (Phi) is 3.63. The lowest BCUT2D eigenvalue weighted by Gasteiger charge is -2.02. The highest BCUT2D eigenvalue weighted by molar-refractivity contribution is 9.10. The Labute approximate surface area is 119 Å². The number of halogens is 1. The van der Waals surface area contributed by atoms with Gasteiger partial charge in [0, 0.05) is 17.4 Å². The van der Waals surface area contributed by atoms with E-state index in [0.717, 1.165) is 10.0 Å². The van der Waals surface area contributed by atoms with Crippen LogP contribution in [0.25, 0.3) is 0 Å². The lowest BCUT2D eigenvalue weighted by Crippen LogP contribution is -2.15. The Morgan fingerprint density at radius 3 is 3.00 bits per heavy atom. The smallest absolute Gasteiger partial charge is 0.243 e. The van der Waals surface area contributed by atoms with Gasteiger partial charge in [-0.05, 0) is 18.1 Å². The summed E-state index contributed by atoms with van der Waals surface area (Å²) >= 11 is 3.50. The van der Waals surface area contributed by atoms with Crippen molar-refractivity contribution in [2.75, 3.05) is 6.54 Å². The van der Waals surface area contributed by atoms with E-state index < -0.39 is 0 Å². The molecule has 1 aromatic carbocycles. The molecule has 0 spiro atoms. The van der Waals surface area contributed by atoms with Gasteiger partial charge in [0.2, 0.25) is 5.89 Å². The maximum Gasteiger partial charge on any atom is 0.243 e. The fourth-order valence-electron chi connectivity index (χ4n) is 2.20. The molecule has 0 unspecified atom stereocenters. The first-order chi connectivity index (χ1) is 9.22. The van der Waals surface area contributed by atoms with Crippen molar-refractivity contribution in [1.29, 1.82) is 0 Å². The standard InChI is InChI=1S/C13H14BrN3O2/c14-10-4-2-1-3-8(10)5-12-16-13(19-17-12)11-6-9(18)7-15-11/h1-4,9,11,15,18H,5-7H2/t9-,11-/m0/s1. The zero-order valence-corrected chi connectivity index (χ0v) is 11.8. The molecule has 2 atom stereocenters. The average Bonchev–Trinajstić information content (AvgIpc) is 3.01. The van der Waals surface area contributed by atoms with Gasteiger partial charge in [0.05, 0.1) is 12.1 Å². The highest BCUT2D eigenvalue weighted by Crippen LogP contribution is 2.23. The fourth-order valence-corrected chi connectivity index (χ4v) is 2.62. The van der Waals surface area contributed by atoms with E-state index in [1.54, 1.807) is 0 Å². The van der Waals surface area contributed by atoms with Gasteiger partial charge in [-0.15, -0.1) is 0 Å². The Morgan fingerprint density at radius 2 is 2.26 bits per heavy atom. The molecule has 0 amide bonds. The van der Waals surface area contributed by atoms with Crippen molar-refractivity contribution in [2.24, 2.45) is 0 Å². The Balaban J connectivity index is 1.73. The molecule has 1 aliphatic rings. The molecule has 0 saturated carbocycles. The molecule has 1 aromatic heterocycles. The van der Waals surface area contributed by atoms with Gasteiger partial charge in [-0.3, -0.25) is 0 Å². The van der Waals surface area contributed by atoms with Gasteiger partial charge in [-0.2, -0.15) is 4.98 Å². The molecule has 1 aliphatic heterocycles. The second-order valence-corrected chi connectivity index (χ2v) is 5.52. The zero-order chi connectivity index (χ0) is 13.2. The van der Waals surface area contributed by atoms with Gasteiger partial charge < -0.3 is 14.9 Å². The first kappa shape index (κ1) is 12.8. The predicted octanol–water partition coefficient (Wildman–Crippen LogP) is 1.82. The minimum atomic E-state index is -0.330. The summed E-state index contributed by atoms with van der Waals surface area (Å²) in [7, 11) is 0. The summed E-state index contributed by atoms with van der Waals surface area (Å²) in [5, 5.41) is 16.6. The quantitative estimate of drug-likeness (QED) is 0.901. The molecule has 0 radical (unpaired) electrons. The Hall–Kier alpha value is -1.24. The third-order valence-corrected chi connectivity index (χ3v) is 3.97. The van der Waals surface area contributed by atoms with Crippen molar-refractivity contribution < 1.29 is 9.63 Å². The summed E-state index contributed by atoms with van der Waals surface area (Å²) in [5.74, 6) is 1.21. The minimum absolute atomic E-state index is 0.0320. The molecule has 0 aliphatic carbocycles. The normalized spacial score (nSPS) is 22.8. The van der Waals surface area contributed by atoms with Crippen LogP contribution in [0.4, 0.5) is 0 Å². The van der Waals surface area contributed by atoms with Crippen LogP contribution < -0.4 is 5.32 Å². The summed E-state index contributed by atoms with van der Waals surface area (Å²) in [6.45, 7) is 0.576. The van der Waals surface area contributed by atoms with Crippen LogP contribution in [0.15, 0.2) is 33.3 Å². The number of nitrogens with zero attached hydrogens (tertiary/aromatic N) is 2. The number of benzene rings is 1. The molecule has 5 nitrogen and oxygen atoms in total. The average molecular weight is 324 g/mol. The van der Waals surface area contributed by atoms with E-state index in [9.17, 15) is 5.11 Å². The largest absolute Gasteiger partial charge is 0.392 e. The van der Waals surface area contributed by atoms with Crippen molar-refractivity contribution >= 4 is 15.9 Å². The second-order valence-electron chi connectivity index (χ2n) is 4.67. The van der Waals surface area contributed by atoms with E-state index in [0.29, 0.717) is 31.1 Å². The van der Waals surface area contributed by atoms with Gasteiger partial charge in [-0.25, -0.2) is 0 Å². The second kappa shape index (κ2) is 5.40. The zero-order valence-electron chi connectivity index (χ0n) is 10.2. The maximum atomic E-state index is 9.48. The third-order valence-electron chi connectivity index (χ3n) is 3.20. The summed E-state index contributed by atoms with van der Waals surface area (Å²) < 4.78 is 6.30. The molecule has 2 N–H and O–H groups in total. The summed E-state index contributed by atoms with van der Waals surface area (Å²) in [5.41, 5.74) is 1.12. The highest BCUT2D eigenvalue weighted by Gasteiger charge is 2.28. The van der Waals surface area contributed by atoms with Gasteiger partial charge in [0.25, 0.3) is 0 Å². The minimum Gasteiger partial charge on any atom is -0.392 e. The van der Waals surface area contributed by atoms with Crippen LogP contribution in [0.2, 0.25) is 0 Å². The molecule has 0 bridgehead atoms. The predicted molar refractivity (Wildman–Crippen MR) is 72.6 cm³/mol. The molecule has 2 heterocycles. The van der Waals surface area contributed by atoms with Crippen LogP contribution in [-0.4, -0.2) is 27.9 Å². The van der Waals surface area contributed by atoms with Crippen molar-refractivity contribution in [3.8, 4) is 0 Å². The molecule has 3 rings (SSSR count). The first-order valence-electron chi connectivity index (χ1n) is 6.19. The summed E-state index contributed by atoms with van der Waals surface area (Å²) in [6, 6.07) is 7.94. The van der Waals surface area contributed by atoms with Gasteiger partial charge in [-0.1, -0.05) is 39.3 Å². The van der Waals surface area contributed by atoms with Crippen LogP contribution in [-0.2, 0) is 6.42 Å². The van der Waals surface area contributed by atoms with E-state index >= 15 is 0 Å². The monoisotopic (exact) mass is 323 g/mol. The number of nitrogens with one attached hydrogen (secondary N) is 1. The number of hydrogen-bond acceptors (Lipinski definition) is 5. The van der Waals surface area contributed by atoms with Crippen molar-refractivity contribution in [3.63, 3.8) is 0 Å². The number of β-amino-alcohol motifs (C(OH)–C–C–N with tert-alkyl or cyclic N) is 1. The molecule has 100 valence electrons. The molecule has 19 heavy (non-hydrogen) atoms. The SMILES string of the molecule is O[C@@H]1CN[C@H](c2nc(Cc3ccccc3Br)no2)C1. The summed E-state index contributed by atoms with van der Waals surface area (Å²) in [4.78, 5) is 4.39. The Morgan fingerprint density at radius 1 is 1.42 bits per heavy atom. The van der Waals surface area contributed by atoms with Crippen molar-refractivity contribution in [3.05, 3.63) is 46.0 Å². The highest BCUT2D eigenvalue weighted by atomic mass is 79.9. The number of aliphatic hydroxyl groups excluding tert-OH is 1. The van der Waals surface area contributed by atoms with Crippen LogP contribution in [0, 0.1) is 0 Å². The van der Waals surface area contributed by atoms with Crippen molar-refractivity contribution in [2.45, 2.75) is 25.0 Å². The fraction of sp³-hybridized carbons (Fsp3) is 0.385. The van der Waals surface area contributed by atoms with Gasteiger partial charge in [0.1, 0.15) is 0 Å². The van der Waals surface area contributed by atoms with Crippen LogP contribution in [0.1, 0.15) is 29.7 Å². The Bertz CT molecular complexity index is 573. The number of aliphatic hydroxyl groups is 1. The van der Waals surface area contributed by atoms with Gasteiger partial charge in [0.15, 0.2) is 5.82 Å². The molecular formula is C13H14BrN3O2. The molecule has 2 aromatic rings. The van der Waals surface area contributed by atoms with Gasteiger partial charge >= 0.3 is 0 Å². The first-order valence-corrected chi connectivity index (χ1v) is 6.99. The topological polar surface area (TPSA) is 71.2 Å². The third kappa shape index (κ3) is 2.86. The van der Waals surface area contributed by atoms with E-state index in [-0.39, 0.29) is 12.1 Å². The molecule has 6 heteroatoms. The lowest BCUT2D eigenvalue weighted by molar-refractivity contribution is 0.191. The van der Waals surface area contributed by atoms with Crippen molar-refractivity contribution in [1.82, 2.24) is 15.5 Å². The number of aromatic nitrogens is 2. The lowest BCUT2D eigenvalue weighted by atomic mass is 10.1. The van der Waals surface area contributed by atoms with Crippen LogP contribution in [0.3, 0.4) is 0 Å². The van der Waals surface area contributed by atoms with E-state index in [2.05, 4.69) is 31.4 Å². The number of rotatable bonds is 3. The van der Waals surface area contributed by atoms with Crippen LogP contribution >= 0.6 is 15.9 Å². The maximum absolute atomic E-state index is 9.48. The van der Waals surface area contributed by atoms with E-state index in [1.165, 1.54) is 0 Å². The van der Waals surface area contributed by atoms with E-state index in [1.807, 2.05) is 24.3 Å². The molecule has 1 saturated heterocycles. The molecule has 1 fully saturated rings. The molecular weight excluding hydrogens is 310 g/mol. The number of hydrogen-bond donors (Lipinski definition) is 2. The van der Waals surface area contributed by atoms with Crippen LogP contribution in [0.5, 0.6) is 0 Å².